The Labute approximate surface area is 117 Å². The van der Waals surface area contributed by atoms with E-state index in [-0.39, 0.29) is 5.92 Å². The number of rotatable bonds is 3. The molecule has 0 bridgehead atoms. The summed E-state index contributed by atoms with van der Waals surface area (Å²) in [5.41, 5.74) is 5.84. The average Bonchev–Trinajstić information content (AvgIpc) is 2.46. The van der Waals surface area contributed by atoms with Gasteiger partial charge in [0.15, 0.2) is 0 Å². The van der Waals surface area contributed by atoms with Crippen LogP contribution >= 0.6 is 0 Å². The van der Waals surface area contributed by atoms with Crippen molar-refractivity contribution in [3.8, 4) is 0 Å². The minimum atomic E-state index is 0.198. The van der Waals surface area contributed by atoms with E-state index in [0.29, 0.717) is 24.4 Å². The second kappa shape index (κ2) is 6.71. The zero-order valence-electron chi connectivity index (χ0n) is 12.5. The zero-order chi connectivity index (χ0) is 13.8. The lowest BCUT2D eigenvalue weighted by molar-refractivity contribution is -0.140. The second-order valence-electron chi connectivity index (χ2n) is 6.34. The molecule has 0 radical (unpaired) electrons. The first-order chi connectivity index (χ1) is 9.13. The Kier molecular flexibility index (Phi) is 5.22. The Morgan fingerprint density at radius 1 is 1.16 bits per heavy atom. The van der Waals surface area contributed by atoms with E-state index in [1.807, 2.05) is 0 Å². The predicted octanol–water partition coefficient (Wildman–Crippen LogP) is 1.30. The first-order valence-electron chi connectivity index (χ1n) is 7.86. The molecule has 2 atom stereocenters. The molecule has 2 rings (SSSR count). The summed E-state index contributed by atoms with van der Waals surface area (Å²) in [5.74, 6) is 0.993. The predicted molar refractivity (Wildman–Crippen MR) is 77.8 cm³/mol. The van der Waals surface area contributed by atoms with Crippen molar-refractivity contribution in [2.75, 3.05) is 32.7 Å². The number of piperazine rings is 1. The van der Waals surface area contributed by atoms with Crippen molar-refractivity contribution >= 4 is 5.91 Å². The van der Waals surface area contributed by atoms with Crippen molar-refractivity contribution in [1.82, 2.24) is 9.80 Å². The first kappa shape index (κ1) is 14.8. The first-order valence-corrected chi connectivity index (χ1v) is 7.86. The van der Waals surface area contributed by atoms with Crippen LogP contribution in [-0.4, -0.2) is 54.5 Å². The highest BCUT2D eigenvalue weighted by atomic mass is 16.2. The largest absolute Gasteiger partial charge is 0.340 e. The zero-order valence-corrected chi connectivity index (χ0v) is 12.5. The van der Waals surface area contributed by atoms with Gasteiger partial charge in [-0.3, -0.25) is 9.69 Å². The van der Waals surface area contributed by atoms with Gasteiger partial charge < -0.3 is 10.6 Å². The summed E-state index contributed by atoms with van der Waals surface area (Å²) in [7, 11) is 0. The number of hydrogen-bond acceptors (Lipinski definition) is 3. The Morgan fingerprint density at radius 2 is 1.79 bits per heavy atom. The van der Waals surface area contributed by atoms with Crippen LogP contribution in [0, 0.1) is 11.8 Å². The van der Waals surface area contributed by atoms with E-state index in [9.17, 15) is 4.79 Å². The molecular weight excluding hydrogens is 238 g/mol. The maximum absolute atomic E-state index is 12.7. The van der Waals surface area contributed by atoms with Crippen LogP contribution in [0.15, 0.2) is 0 Å². The summed E-state index contributed by atoms with van der Waals surface area (Å²) in [5, 5.41) is 0. The fourth-order valence-corrected chi connectivity index (χ4v) is 3.51. The second-order valence-corrected chi connectivity index (χ2v) is 6.34. The van der Waals surface area contributed by atoms with Gasteiger partial charge in [0, 0.05) is 38.1 Å². The number of nitrogens with two attached hydrogens (primary N) is 1. The van der Waals surface area contributed by atoms with Gasteiger partial charge in [0.05, 0.1) is 0 Å². The van der Waals surface area contributed by atoms with Crippen LogP contribution in [0.1, 0.15) is 39.5 Å². The van der Waals surface area contributed by atoms with E-state index in [1.54, 1.807) is 0 Å². The molecule has 0 aromatic heterocycles. The molecule has 2 aliphatic rings. The molecule has 4 nitrogen and oxygen atoms in total. The third-order valence-electron chi connectivity index (χ3n) is 4.89. The Balaban J connectivity index is 1.89. The molecule has 2 N–H and O–H groups in total. The molecule has 4 heteroatoms. The number of hydrogen-bond donors (Lipinski definition) is 1. The Bertz CT molecular complexity index is 298. The minimum absolute atomic E-state index is 0.198. The number of nitrogens with zero attached hydrogens (tertiary/aromatic N) is 2. The molecule has 0 spiro atoms. The molecule has 0 aromatic rings. The number of carbonyl (C=O) groups excluding carboxylic acids is 1. The van der Waals surface area contributed by atoms with Crippen LogP contribution in [-0.2, 0) is 4.79 Å². The molecule has 1 aliphatic heterocycles. The SMILES string of the molecule is CC(C)N1CCN(C(=O)C2CCCCC2CN)CC1. The summed E-state index contributed by atoms with van der Waals surface area (Å²) in [6.07, 6.45) is 4.62. The van der Waals surface area contributed by atoms with Crippen molar-refractivity contribution in [1.29, 1.82) is 0 Å². The molecule has 19 heavy (non-hydrogen) atoms. The van der Waals surface area contributed by atoms with Crippen LogP contribution in [0.3, 0.4) is 0 Å². The van der Waals surface area contributed by atoms with Gasteiger partial charge in [-0.1, -0.05) is 12.8 Å². The van der Waals surface area contributed by atoms with Crippen molar-refractivity contribution in [3.05, 3.63) is 0 Å². The van der Waals surface area contributed by atoms with E-state index in [4.69, 9.17) is 5.73 Å². The van der Waals surface area contributed by atoms with E-state index < -0.39 is 0 Å². The molecule has 1 amide bonds. The third kappa shape index (κ3) is 3.48. The highest BCUT2D eigenvalue weighted by molar-refractivity contribution is 5.79. The fraction of sp³-hybridized carbons (Fsp3) is 0.933. The van der Waals surface area contributed by atoms with Gasteiger partial charge in [0.1, 0.15) is 0 Å². The van der Waals surface area contributed by atoms with E-state index in [0.717, 1.165) is 39.0 Å². The molecule has 1 aliphatic carbocycles. The molecule has 1 saturated heterocycles. The summed E-state index contributed by atoms with van der Waals surface area (Å²) in [6.45, 7) is 8.94. The third-order valence-corrected chi connectivity index (χ3v) is 4.89. The van der Waals surface area contributed by atoms with Gasteiger partial charge in [0.25, 0.3) is 0 Å². The standard InChI is InChI=1S/C15H29N3O/c1-12(2)17-7-9-18(10-8-17)15(19)14-6-4-3-5-13(14)11-16/h12-14H,3-11,16H2,1-2H3. The summed E-state index contributed by atoms with van der Waals surface area (Å²) >= 11 is 0. The van der Waals surface area contributed by atoms with Crippen LogP contribution in [0.25, 0.3) is 0 Å². The van der Waals surface area contributed by atoms with Crippen molar-refractivity contribution < 1.29 is 4.79 Å². The molecule has 2 unspecified atom stereocenters. The summed E-state index contributed by atoms with van der Waals surface area (Å²) in [6, 6.07) is 0.587. The van der Waals surface area contributed by atoms with Gasteiger partial charge in [-0.2, -0.15) is 0 Å². The van der Waals surface area contributed by atoms with Gasteiger partial charge >= 0.3 is 0 Å². The van der Waals surface area contributed by atoms with Gasteiger partial charge in [-0.05, 0) is 39.2 Å². The molecule has 2 fully saturated rings. The molecular formula is C15H29N3O. The highest BCUT2D eigenvalue weighted by Gasteiger charge is 2.34. The van der Waals surface area contributed by atoms with E-state index in [2.05, 4.69) is 23.6 Å². The van der Waals surface area contributed by atoms with Crippen LogP contribution in [0.5, 0.6) is 0 Å². The van der Waals surface area contributed by atoms with Crippen LogP contribution in [0.2, 0.25) is 0 Å². The minimum Gasteiger partial charge on any atom is -0.340 e. The smallest absolute Gasteiger partial charge is 0.226 e. The van der Waals surface area contributed by atoms with E-state index in [1.165, 1.54) is 12.8 Å². The van der Waals surface area contributed by atoms with Gasteiger partial charge in [-0.25, -0.2) is 0 Å². The molecule has 1 saturated carbocycles. The summed E-state index contributed by atoms with van der Waals surface area (Å²) in [4.78, 5) is 17.2. The quantitative estimate of drug-likeness (QED) is 0.838. The highest BCUT2D eigenvalue weighted by Crippen LogP contribution is 2.31. The normalized spacial score (nSPS) is 29.8. The van der Waals surface area contributed by atoms with Gasteiger partial charge in [-0.15, -0.1) is 0 Å². The van der Waals surface area contributed by atoms with Crippen molar-refractivity contribution in [2.24, 2.45) is 17.6 Å². The van der Waals surface area contributed by atoms with Crippen molar-refractivity contribution in [3.63, 3.8) is 0 Å². The molecule has 1 heterocycles. The van der Waals surface area contributed by atoms with Crippen molar-refractivity contribution in [2.45, 2.75) is 45.6 Å². The lowest BCUT2D eigenvalue weighted by Crippen LogP contribution is -2.53. The monoisotopic (exact) mass is 267 g/mol. The van der Waals surface area contributed by atoms with Crippen LogP contribution in [0.4, 0.5) is 0 Å². The lowest BCUT2D eigenvalue weighted by atomic mass is 9.78. The fourth-order valence-electron chi connectivity index (χ4n) is 3.51. The Hall–Kier alpha value is -0.610. The maximum Gasteiger partial charge on any atom is 0.226 e. The lowest BCUT2D eigenvalue weighted by Gasteiger charge is -2.40. The van der Waals surface area contributed by atoms with Crippen LogP contribution < -0.4 is 5.73 Å². The maximum atomic E-state index is 12.7. The topological polar surface area (TPSA) is 49.6 Å². The molecule has 0 aromatic carbocycles. The average molecular weight is 267 g/mol. The number of carbonyl (C=O) groups is 1. The van der Waals surface area contributed by atoms with Gasteiger partial charge in [0.2, 0.25) is 5.91 Å². The van der Waals surface area contributed by atoms with E-state index >= 15 is 0 Å². The Morgan fingerprint density at radius 3 is 2.37 bits per heavy atom. The number of amides is 1. The molecule has 110 valence electrons. The summed E-state index contributed by atoms with van der Waals surface area (Å²) < 4.78 is 0.